The smallest absolute Gasteiger partial charge is 0.308 e. The fourth-order valence-electron chi connectivity index (χ4n) is 3.56. The molecule has 2 fully saturated rings. The zero-order valence-corrected chi connectivity index (χ0v) is 14.0. The third kappa shape index (κ3) is 2.91. The van der Waals surface area contributed by atoms with Gasteiger partial charge in [-0.3, -0.25) is 9.59 Å². The number of carboxylic acids is 1. The summed E-state index contributed by atoms with van der Waals surface area (Å²) in [7, 11) is 0. The lowest BCUT2D eigenvalue weighted by molar-refractivity contribution is -0.142. The number of carbonyl (C=O) groups is 2. The van der Waals surface area contributed by atoms with Crippen molar-refractivity contribution in [3.63, 3.8) is 0 Å². The Kier molecular flexibility index (Phi) is 4.26. The van der Waals surface area contributed by atoms with Crippen molar-refractivity contribution in [2.45, 2.75) is 39.5 Å². The molecule has 0 unspecified atom stereocenters. The molecule has 1 N–H and O–H groups in total. The number of carboxylic acid groups (broad SMARTS) is 1. The van der Waals surface area contributed by atoms with Crippen LogP contribution in [0.1, 0.15) is 46.3 Å². The highest BCUT2D eigenvalue weighted by atomic mass is 32.1. The number of aryl methyl sites for hydroxylation is 2. The number of hydrogen-bond acceptors (Lipinski definition) is 3. The molecule has 0 radical (unpaired) electrons. The van der Waals surface area contributed by atoms with Crippen LogP contribution in [0.4, 0.5) is 0 Å². The quantitative estimate of drug-likeness (QED) is 0.906. The zero-order chi connectivity index (χ0) is 15.9. The summed E-state index contributed by atoms with van der Waals surface area (Å²) in [5.74, 6) is -0.448. The van der Waals surface area contributed by atoms with Gasteiger partial charge >= 0.3 is 5.97 Å². The Labute approximate surface area is 135 Å². The van der Waals surface area contributed by atoms with Crippen LogP contribution in [0.5, 0.6) is 0 Å². The van der Waals surface area contributed by atoms with Gasteiger partial charge in [0.05, 0.1) is 10.8 Å². The third-order valence-electron chi connectivity index (χ3n) is 4.95. The number of likely N-dealkylation sites (tertiary alicyclic amines) is 1. The molecule has 4 nitrogen and oxygen atoms in total. The normalized spacial score (nSPS) is 24.7. The van der Waals surface area contributed by atoms with E-state index in [2.05, 4.69) is 13.8 Å². The van der Waals surface area contributed by atoms with Gasteiger partial charge in [0.1, 0.15) is 0 Å². The van der Waals surface area contributed by atoms with E-state index in [-0.39, 0.29) is 17.7 Å². The number of aliphatic carboxylic acids is 1. The maximum atomic E-state index is 12.7. The van der Waals surface area contributed by atoms with Crippen molar-refractivity contribution in [2.75, 3.05) is 13.1 Å². The number of hydrogen-bond donors (Lipinski definition) is 1. The Morgan fingerprint density at radius 1 is 1.36 bits per heavy atom. The summed E-state index contributed by atoms with van der Waals surface area (Å²) in [5, 5.41) is 9.41. The van der Waals surface area contributed by atoms with Gasteiger partial charge in [-0.05, 0) is 49.7 Å². The van der Waals surface area contributed by atoms with E-state index in [1.54, 1.807) is 16.2 Å². The van der Waals surface area contributed by atoms with Crippen LogP contribution in [0.15, 0.2) is 6.07 Å². The summed E-state index contributed by atoms with van der Waals surface area (Å²) in [5.41, 5.74) is 1.25. The number of carbonyl (C=O) groups excluding carboxylic acids is 1. The van der Waals surface area contributed by atoms with Gasteiger partial charge in [0.2, 0.25) is 0 Å². The van der Waals surface area contributed by atoms with E-state index in [9.17, 15) is 14.7 Å². The Hall–Kier alpha value is -1.36. The first-order valence-electron chi connectivity index (χ1n) is 8.12. The fraction of sp³-hybridized carbons (Fsp3) is 0.647. The van der Waals surface area contributed by atoms with Crippen LogP contribution in [0, 0.1) is 24.7 Å². The van der Waals surface area contributed by atoms with E-state index in [1.807, 2.05) is 6.07 Å². The fourth-order valence-corrected chi connectivity index (χ4v) is 4.60. The highest BCUT2D eigenvalue weighted by Crippen LogP contribution is 2.44. The van der Waals surface area contributed by atoms with Crippen molar-refractivity contribution < 1.29 is 14.7 Å². The standard InChI is InChI=1S/C17H23NO3S/c1-3-4-12-7-15(22-10(12)2)16(19)18-8-13(11-5-6-11)14(9-18)17(20)21/h7,11,13-14H,3-6,8-9H2,1-2H3,(H,20,21)/t13-,14+/m1/s1. The van der Waals surface area contributed by atoms with Crippen molar-refractivity contribution in [1.29, 1.82) is 0 Å². The lowest BCUT2D eigenvalue weighted by atomic mass is 9.92. The van der Waals surface area contributed by atoms with E-state index in [4.69, 9.17) is 0 Å². The first-order chi connectivity index (χ1) is 10.5. The van der Waals surface area contributed by atoms with Crippen LogP contribution < -0.4 is 0 Å². The molecule has 1 saturated carbocycles. The molecule has 1 saturated heterocycles. The van der Waals surface area contributed by atoms with Gasteiger partial charge in [0, 0.05) is 18.0 Å². The van der Waals surface area contributed by atoms with Crippen molar-refractivity contribution >= 4 is 23.2 Å². The molecule has 2 aliphatic rings. The second kappa shape index (κ2) is 6.03. The molecule has 0 aromatic carbocycles. The van der Waals surface area contributed by atoms with E-state index in [0.717, 1.165) is 30.6 Å². The Morgan fingerprint density at radius 2 is 2.09 bits per heavy atom. The van der Waals surface area contributed by atoms with Gasteiger partial charge in [-0.1, -0.05) is 13.3 Å². The number of nitrogens with zero attached hydrogens (tertiary/aromatic N) is 1. The lowest BCUT2D eigenvalue weighted by Gasteiger charge is -2.15. The van der Waals surface area contributed by atoms with Crippen LogP contribution in [0.2, 0.25) is 0 Å². The van der Waals surface area contributed by atoms with Crippen LogP contribution in [0.25, 0.3) is 0 Å². The third-order valence-corrected chi connectivity index (χ3v) is 6.03. The van der Waals surface area contributed by atoms with Crippen molar-refractivity contribution in [3.8, 4) is 0 Å². The molecule has 1 aromatic heterocycles. The predicted molar refractivity (Wildman–Crippen MR) is 86.3 cm³/mol. The van der Waals surface area contributed by atoms with Gasteiger partial charge in [-0.2, -0.15) is 0 Å². The van der Waals surface area contributed by atoms with Gasteiger partial charge in [0.25, 0.3) is 5.91 Å². The molecule has 1 aromatic rings. The second-order valence-electron chi connectivity index (χ2n) is 6.60. The second-order valence-corrected chi connectivity index (χ2v) is 7.85. The van der Waals surface area contributed by atoms with E-state index < -0.39 is 5.97 Å². The van der Waals surface area contributed by atoms with Crippen LogP contribution in [-0.4, -0.2) is 35.0 Å². The Morgan fingerprint density at radius 3 is 2.68 bits per heavy atom. The first-order valence-corrected chi connectivity index (χ1v) is 8.94. The number of amides is 1. The minimum absolute atomic E-state index is 0.0184. The minimum Gasteiger partial charge on any atom is -0.481 e. The molecular weight excluding hydrogens is 298 g/mol. The molecule has 2 heterocycles. The van der Waals surface area contributed by atoms with Crippen LogP contribution >= 0.6 is 11.3 Å². The molecular formula is C17H23NO3S. The molecule has 120 valence electrons. The average molecular weight is 321 g/mol. The number of rotatable bonds is 5. The van der Waals surface area contributed by atoms with Crippen LogP contribution in [-0.2, 0) is 11.2 Å². The highest BCUT2D eigenvalue weighted by Gasteiger charge is 2.47. The molecule has 1 aliphatic carbocycles. The maximum Gasteiger partial charge on any atom is 0.308 e. The van der Waals surface area contributed by atoms with Gasteiger partial charge in [0.15, 0.2) is 0 Å². The van der Waals surface area contributed by atoms with Gasteiger partial charge in [-0.15, -0.1) is 11.3 Å². The molecule has 22 heavy (non-hydrogen) atoms. The SMILES string of the molecule is CCCc1cc(C(=O)N2C[C@H](C(=O)O)[C@@H](C3CC3)C2)sc1C. The topological polar surface area (TPSA) is 57.6 Å². The average Bonchev–Trinajstić information content (AvgIpc) is 3.12. The lowest BCUT2D eigenvalue weighted by Crippen LogP contribution is -2.29. The molecule has 3 rings (SSSR count). The summed E-state index contributed by atoms with van der Waals surface area (Å²) in [6.07, 6.45) is 4.31. The summed E-state index contributed by atoms with van der Waals surface area (Å²) < 4.78 is 0. The molecule has 0 bridgehead atoms. The Bertz CT molecular complexity index is 591. The first kappa shape index (κ1) is 15.5. The highest BCUT2D eigenvalue weighted by molar-refractivity contribution is 7.14. The van der Waals surface area contributed by atoms with Crippen molar-refractivity contribution in [2.24, 2.45) is 17.8 Å². The van der Waals surface area contributed by atoms with Crippen LogP contribution in [0.3, 0.4) is 0 Å². The molecule has 1 aliphatic heterocycles. The molecule has 5 heteroatoms. The minimum atomic E-state index is -0.749. The summed E-state index contributed by atoms with van der Waals surface area (Å²) in [4.78, 5) is 27.9. The molecule has 1 amide bonds. The summed E-state index contributed by atoms with van der Waals surface area (Å²) in [6.45, 7) is 5.18. The summed E-state index contributed by atoms with van der Waals surface area (Å²) in [6, 6.07) is 2.01. The molecule has 2 atom stereocenters. The summed E-state index contributed by atoms with van der Waals surface area (Å²) >= 11 is 1.55. The van der Waals surface area contributed by atoms with E-state index in [1.165, 1.54) is 10.4 Å². The van der Waals surface area contributed by atoms with Gasteiger partial charge in [-0.25, -0.2) is 0 Å². The van der Waals surface area contributed by atoms with Crippen molar-refractivity contribution in [1.82, 2.24) is 4.90 Å². The van der Waals surface area contributed by atoms with E-state index in [0.29, 0.717) is 19.0 Å². The zero-order valence-electron chi connectivity index (χ0n) is 13.2. The maximum absolute atomic E-state index is 12.7. The Balaban J connectivity index is 1.75. The van der Waals surface area contributed by atoms with Gasteiger partial charge < -0.3 is 10.0 Å². The monoisotopic (exact) mass is 321 g/mol. The van der Waals surface area contributed by atoms with E-state index >= 15 is 0 Å². The number of thiophene rings is 1. The van der Waals surface area contributed by atoms with Crippen molar-refractivity contribution in [3.05, 3.63) is 21.4 Å². The largest absolute Gasteiger partial charge is 0.481 e. The predicted octanol–water partition coefficient (Wildman–Crippen LogP) is 3.19. The molecule has 0 spiro atoms.